The second-order valence-corrected chi connectivity index (χ2v) is 8.33. The van der Waals surface area contributed by atoms with Crippen LogP contribution in [0.5, 0.6) is 0 Å². The van der Waals surface area contributed by atoms with Crippen LogP contribution in [-0.2, 0) is 20.9 Å². The van der Waals surface area contributed by atoms with E-state index in [0.29, 0.717) is 52.2 Å². The molecule has 3 rings (SSSR count). The molecule has 164 valence electrons. The summed E-state index contributed by atoms with van der Waals surface area (Å²) in [4.78, 5) is 45.3. The Balaban J connectivity index is 1.47. The first-order valence-corrected chi connectivity index (χ1v) is 11.0. The number of nitrogens with zero attached hydrogens (tertiary/aromatic N) is 4. The van der Waals surface area contributed by atoms with E-state index < -0.39 is 0 Å². The van der Waals surface area contributed by atoms with Crippen molar-refractivity contribution in [2.45, 2.75) is 33.7 Å². The van der Waals surface area contributed by atoms with Crippen LogP contribution in [0.4, 0.5) is 0 Å². The summed E-state index contributed by atoms with van der Waals surface area (Å²) in [5.41, 5.74) is 2.28. The average Bonchev–Trinajstić information content (AvgIpc) is 3.11. The van der Waals surface area contributed by atoms with Crippen molar-refractivity contribution in [1.29, 1.82) is 0 Å². The van der Waals surface area contributed by atoms with Crippen molar-refractivity contribution in [2.24, 2.45) is 5.92 Å². The zero-order valence-corrected chi connectivity index (χ0v) is 18.5. The summed E-state index contributed by atoms with van der Waals surface area (Å²) in [6, 6.07) is 8.17. The van der Waals surface area contributed by atoms with Crippen LogP contribution in [0, 0.1) is 12.8 Å². The molecule has 3 amide bonds. The second kappa shape index (κ2) is 10.1. The van der Waals surface area contributed by atoms with Crippen LogP contribution >= 0.6 is 0 Å². The van der Waals surface area contributed by atoms with Crippen LogP contribution in [0.25, 0.3) is 0 Å². The lowest BCUT2D eigenvalue weighted by molar-refractivity contribution is -0.138. The van der Waals surface area contributed by atoms with Crippen molar-refractivity contribution in [3.63, 3.8) is 0 Å². The number of likely N-dealkylation sites (N-methyl/N-ethyl adjacent to an activating group) is 1. The minimum absolute atomic E-state index is 0.0531. The van der Waals surface area contributed by atoms with E-state index in [4.69, 9.17) is 0 Å². The standard InChI is InChI=1S/C23H34N4O3/c1-4-25(5-2)22(29)17-24-10-12-26(13-11-24)23(30)20-14-21(28)27(16-20)15-19-8-6-18(3)7-9-19/h6-9,20H,4-5,10-17H2,1-3H3. The summed E-state index contributed by atoms with van der Waals surface area (Å²) in [7, 11) is 0. The molecule has 0 spiro atoms. The molecule has 0 N–H and O–H groups in total. The Bertz CT molecular complexity index is 752. The predicted octanol–water partition coefficient (Wildman–Crippen LogP) is 1.36. The van der Waals surface area contributed by atoms with Crippen molar-refractivity contribution in [1.82, 2.24) is 19.6 Å². The molecule has 1 aromatic rings. The molecule has 30 heavy (non-hydrogen) atoms. The second-order valence-electron chi connectivity index (χ2n) is 8.33. The smallest absolute Gasteiger partial charge is 0.236 e. The van der Waals surface area contributed by atoms with Crippen LogP contribution in [-0.4, -0.2) is 89.7 Å². The van der Waals surface area contributed by atoms with Crippen molar-refractivity contribution in [3.05, 3.63) is 35.4 Å². The number of benzene rings is 1. The molecule has 1 unspecified atom stereocenters. The fourth-order valence-corrected chi connectivity index (χ4v) is 4.26. The summed E-state index contributed by atoms with van der Waals surface area (Å²) >= 11 is 0. The summed E-state index contributed by atoms with van der Waals surface area (Å²) < 4.78 is 0. The van der Waals surface area contributed by atoms with E-state index >= 15 is 0 Å². The minimum Gasteiger partial charge on any atom is -0.342 e. The Morgan fingerprint density at radius 2 is 1.67 bits per heavy atom. The molecule has 2 fully saturated rings. The highest BCUT2D eigenvalue weighted by atomic mass is 16.2. The fraction of sp³-hybridized carbons (Fsp3) is 0.609. The van der Waals surface area contributed by atoms with Crippen LogP contribution in [0.15, 0.2) is 24.3 Å². The van der Waals surface area contributed by atoms with E-state index in [1.807, 2.05) is 54.8 Å². The van der Waals surface area contributed by atoms with E-state index in [9.17, 15) is 14.4 Å². The maximum atomic E-state index is 13.0. The van der Waals surface area contributed by atoms with Crippen LogP contribution in [0.1, 0.15) is 31.4 Å². The normalized spacial score (nSPS) is 20.0. The van der Waals surface area contributed by atoms with Gasteiger partial charge in [-0.05, 0) is 26.3 Å². The summed E-state index contributed by atoms with van der Waals surface area (Å²) in [6.45, 7) is 11.6. The lowest BCUT2D eigenvalue weighted by Crippen LogP contribution is -2.52. The van der Waals surface area contributed by atoms with Gasteiger partial charge in [0, 0.05) is 58.8 Å². The fourth-order valence-electron chi connectivity index (χ4n) is 4.26. The molecule has 0 bridgehead atoms. The first-order valence-electron chi connectivity index (χ1n) is 11.0. The molecule has 7 heteroatoms. The Hall–Kier alpha value is -2.41. The van der Waals surface area contributed by atoms with Crippen molar-refractivity contribution in [3.8, 4) is 0 Å². The number of carbonyl (C=O) groups excluding carboxylic acids is 3. The van der Waals surface area contributed by atoms with Crippen molar-refractivity contribution in [2.75, 3.05) is 52.4 Å². The molecule has 0 aliphatic carbocycles. The molecule has 2 saturated heterocycles. The third kappa shape index (κ3) is 5.39. The summed E-state index contributed by atoms with van der Waals surface area (Å²) in [5, 5.41) is 0. The zero-order valence-electron chi connectivity index (χ0n) is 18.5. The van der Waals surface area contributed by atoms with Crippen molar-refractivity contribution < 1.29 is 14.4 Å². The van der Waals surface area contributed by atoms with Gasteiger partial charge in [-0.2, -0.15) is 0 Å². The number of hydrogen-bond donors (Lipinski definition) is 0. The van der Waals surface area contributed by atoms with E-state index in [1.54, 1.807) is 4.90 Å². The van der Waals surface area contributed by atoms with Crippen LogP contribution in [0.3, 0.4) is 0 Å². The Labute approximate surface area is 179 Å². The molecular weight excluding hydrogens is 380 g/mol. The van der Waals surface area contributed by atoms with Crippen LogP contribution in [0.2, 0.25) is 0 Å². The highest BCUT2D eigenvalue weighted by Gasteiger charge is 2.37. The van der Waals surface area contributed by atoms with Gasteiger partial charge in [-0.25, -0.2) is 0 Å². The number of hydrogen-bond acceptors (Lipinski definition) is 4. The maximum Gasteiger partial charge on any atom is 0.236 e. The Morgan fingerprint density at radius 3 is 2.27 bits per heavy atom. The number of likely N-dealkylation sites (tertiary alicyclic amines) is 1. The third-order valence-corrected chi connectivity index (χ3v) is 6.22. The molecular formula is C23H34N4O3. The molecule has 7 nitrogen and oxygen atoms in total. The largest absolute Gasteiger partial charge is 0.342 e. The van der Waals surface area contributed by atoms with Gasteiger partial charge in [0.15, 0.2) is 0 Å². The highest BCUT2D eigenvalue weighted by Crippen LogP contribution is 2.23. The lowest BCUT2D eigenvalue weighted by Gasteiger charge is -2.36. The first-order chi connectivity index (χ1) is 14.4. The van der Waals surface area contributed by atoms with E-state index in [0.717, 1.165) is 18.7 Å². The van der Waals surface area contributed by atoms with Gasteiger partial charge in [0.05, 0.1) is 12.5 Å². The highest BCUT2D eigenvalue weighted by molar-refractivity contribution is 5.89. The Kier molecular flexibility index (Phi) is 7.48. The van der Waals surface area contributed by atoms with Gasteiger partial charge in [0.25, 0.3) is 0 Å². The quantitative estimate of drug-likeness (QED) is 0.676. The minimum atomic E-state index is -0.258. The monoisotopic (exact) mass is 414 g/mol. The molecule has 0 aromatic heterocycles. The van der Waals surface area contributed by atoms with Gasteiger partial charge in [0.1, 0.15) is 0 Å². The lowest BCUT2D eigenvalue weighted by atomic mass is 10.1. The topological polar surface area (TPSA) is 64.2 Å². The maximum absolute atomic E-state index is 13.0. The average molecular weight is 415 g/mol. The third-order valence-electron chi connectivity index (χ3n) is 6.22. The van der Waals surface area contributed by atoms with Crippen molar-refractivity contribution >= 4 is 17.7 Å². The number of amides is 3. The SMILES string of the molecule is CCN(CC)C(=O)CN1CCN(C(=O)C2CC(=O)N(Cc3ccc(C)cc3)C2)CC1. The zero-order chi connectivity index (χ0) is 21.7. The molecule has 1 aromatic carbocycles. The molecule has 2 aliphatic rings. The molecule has 0 radical (unpaired) electrons. The van der Waals surface area contributed by atoms with E-state index in [-0.39, 0.29) is 23.6 Å². The first kappa shape index (κ1) is 22.3. The molecule has 2 aliphatic heterocycles. The van der Waals surface area contributed by atoms with Gasteiger partial charge >= 0.3 is 0 Å². The van der Waals surface area contributed by atoms with E-state index in [2.05, 4.69) is 4.90 Å². The molecule has 2 heterocycles. The number of piperazine rings is 1. The van der Waals surface area contributed by atoms with E-state index in [1.165, 1.54) is 5.56 Å². The predicted molar refractivity (Wildman–Crippen MR) is 116 cm³/mol. The van der Waals surface area contributed by atoms with Gasteiger partial charge < -0.3 is 14.7 Å². The van der Waals surface area contributed by atoms with Gasteiger partial charge in [-0.3, -0.25) is 19.3 Å². The van der Waals surface area contributed by atoms with Gasteiger partial charge in [-0.1, -0.05) is 29.8 Å². The van der Waals surface area contributed by atoms with Gasteiger partial charge in [0.2, 0.25) is 17.7 Å². The number of aryl methyl sites for hydroxylation is 1. The van der Waals surface area contributed by atoms with Crippen LogP contribution < -0.4 is 0 Å². The Morgan fingerprint density at radius 1 is 1.03 bits per heavy atom. The summed E-state index contributed by atoms with van der Waals surface area (Å²) in [6.07, 6.45) is 0.297. The number of carbonyl (C=O) groups is 3. The van der Waals surface area contributed by atoms with Gasteiger partial charge in [-0.15, -0.1) is 0 Å². The molecule has 0 saturated carbocycles. The molecule has 1 atom stereocenters. The summed E-state index contributed by atoms with van der Waals surface area (Å²) in [5.74, 6) is 0.0153. The number of rotatable bonds is 7.